The van der Waals surface area contributed by atoms with E-state index < -0.39 is 0 Å². The Hall–Kier alpha value is -0.920. The topological polar surface area (TPSA) is 15.4 Å². The summed E-state index contributed by atoms with van der Waals surface area (Å²) >= 11 is 0. The third-order valence-corrected chi connectivity index (χ3v) is 1.81. The Morgan fingerprint density at radius 3 is 3.22 bits per heavy atom. The SMILES string of the molecule is C1=CN=C[N+]2=CCC2C1. The molecule has 2 aliphatic heterocycles. The second kappa shape index (κ2) is 1.79. The van der Waals surface area contributed by atoms with E-state index in [1.54, 1.807) is 0 Å². The first-order valence-corrected chi connectivity index (χ1v) is 3.26. The zero-order valence-corrected chi connectivity index (χ0v) is 5.20. The number of hydrogen-bond acceptors (Lipinski definition) is 1. The highest BCUT2D eigenvalue weighted by atomic mass is 15.1. The van der Waals surface area contributed by atoms with Crippen molar-refractivity contribution >= 4 is 12.6 Å². The highest BCUT2D eigenvalue weighted by molar-refractivity contribution is 5.65. The molecule has 0 N–H and O–H groups in total. The Morgan fingerprint density at radius 1 is 1.44 bits per heavy atom. The molecule has 1 unspecified atom stereocenters. The number of aliphatic imine (C=N–C) groups is 1. The maximum absolute atomic E-state index is 4.04. The van der Waals surface area contributed by atoms with E-state index in [-0.39, 0.29) is 0 Å². The summed E-state index contributed by atoms with van der Waals surface area (Å²) in [5, 5.41) is 0. The fraction of sp³-hybridized carbons (Fsp3) is 0.429. The quantitative estimate of drug-likeness (QED) is 0.421. The molecule has 0 aromatic carbocycles. The zero-order chi connectivity index (χ0) is 6.10. The molecule has 0 aliphatic carbocycles. The average Bonchev–Trinajstić information content (AvgIpc) is 1.94. The van der Waals surface area contributed by atoms with E-state index >= 15 is 0 Å². The summed E-state index contributed by atoms with van der Waals surface area (Å²) in [5.41, 5.74) is 0. The maximum atomic E-state index is 4.04. The van der Waals surface area contributed by atoms with Crippen LogP contribution in [0.3, 0.4) is 0 Å². The predicted molar refractivity (Wildman–Crippen MR) is 37.0 cm³/mol. The zero-order valence-electron chi connectivity index (χ0n) is 5.20. The van der Waals surface area contributed by atoms with Crippen LogP contribution in [0.15, 0.2) is 17.3 Å². The molecule has 2 heteroatoms. The molecule has 2 rings (SSSR count). The van der Waals surface area contributed by atoms with Gasteiger partial charge >= 0.3 is 0 Å². The number of fused-ring (bicyclic) bond motifs is 1. The molecule has 0 radical (unpaired) electrons. The lowest BCUT2D eigenvalue weighted by Gasteiger charge is -2.18. The van der Waals surface area contributed by atoms with E-state index in [0.717, 1.165) is 6.42 Å². The van der Waals surface area contributed by atoms with E-state index in [4.69, 9.17) is 0 Å². The van der Waals surface area contributed by atoms with Gasteiger partial charge in [-0.15, -0.1) is 0 Å². The Balaban J connectivity index is 2.25. The van der Waals surface area contributed by atoms with Crippen LogP contribution in [-0.2, 0) is 0 Å². The van der Waals surface area contributed by atoms with Gasteiger partial charge < -0.3 is 0 Å². The summed E-state index contributed by atoms with van der Waals surface area (Å²) < 4.78 is 2.17. The van der Waals surface area contributed by atoms with Crippen LogP contribution in [0.5, 0.6) is 0 Å². The van der Waals surface area contributed by atoms with Crippen LogP contribution in [0, 0.1) is 0 Å². The fourth-order valence-corrected chi connectivity index (χ4v) is 1.13. The van der Waals surface area contributed by atoms with Crippen molar-refractivity contribution in [3.8, 4) is 0 Å². The molecule has 0 saturated heterocycles. The fourth-order valence-electron chi connectivity index (χ4n) is 1.13. The van der Waals surface area contributed by atoms with Gasteiger partial charge in [0.25, 0.3) is 6.34 Å². The van der Waals surface area contributed by atoms with Crippen LogP contribution in [0.25, 0.3) is 0 Å². The van der Waals surface area contributed by atoms with Crippen LogP contribution in [0.4, 0.5) is 0 Å². The summed E-state index contributed by atoms with van der Waals surface area (Å²) in [4.78, 5) is 4.04. The minimum Gasteiger partial charge on any atom is -0.238 e. The molecule has 46 valence electrons. The van der Waals surface area contributed by atoms with E-state index in [2.05, 4.69) is 21.9 Å². The van der Waals surface area contributed by atoms with Gasteiger partial charge in [0.15, 0.2) is 0 Å². The van der Waals surface area contributed by atoms with Crippen molar-refractivity contribution in [2.45, 2.75) is 18.9 Å². The highest BCUT2D eigenvalue weighted by Crippen LogP contribution is 2.11. The molecular weight excluding hydrogens is 112 g/mol. The summed E-state index contributed by atoms with van der Waals surface area (Å²) in [6.45, 7) is 0. The van der Waals surface area contributed by atoms with Crippen LogP contribution in [0.2, 0.25) is 0 Å². The molecule has 0 spiro atoms. The Morgan fingerprint density at radius 2 is 2.44 bits per heavy atom. The van der Waals surface area contributed by atoms with Crippen LogP contribution in [0.1, 0.15) is 12.8 Å². The molecular formula is C7H9N2+. The third kappa shape index (κ3) is 0.707. The van der Waals surface area contributed by atoms with E-state index in [9.17, 15) is 0 Å². The molecule has 2 nitrogen and oxygen atoms in total. The minimum atomic E-state index is 0.715. The third-order valence-electron chi connectivity index (χ3n) is 1.81. The lowest BCUT2D eigenvalue weighted by molar-refractivity contribution is -0.468. The average molecular weight is 121 g/mol. The molecule has 0 saturated carbocycles. The maximum Gasteiger partial charge on any atom is 0.285 e. The van der Waals surface area contributed by atoms with E-state index in [1.807, 2.05) is 12.5 Å². The van der Waals surface area contributed by atoms with Gasteiger partial charge in [-0.25, -0.2) is 4.58 Å². The van der Waals surface area contributed by atoms with Gasteiger partial charge in [-0.2, -0.15) is 0 Å². The molecule has 0 bridgehead atoms. The Bertz CT molecular complexity index is 201. The predicted octanol–water partition coefficient (Wildman–Crippen LogP) is 0.788. The minimum absolute atomic E-state index is 0.715. The van der Waals surface area contributed by atoms with Crippen molar-refractivity contribution in [3.05, 3.63) is 12.3 Å². The summed E-state index contributed by atoms with van der Waals surface area (Å²) in [6, 6.07) is 0.715. The molecule has 9 heavy (non-hydrogen) atoms. The van der Waals surface area contributed by atoms with Crippen molar-refractivity contribution in [3.63, 3.8) is 0 Å². The standard InChI is InChI=1S/C7H9N2/c1-2-7-3-5-9(7)6-8-4-1/h1,4-7H,2-3H2/q+1. The molecule has 0 fully saturated rings. The second-order valence-electron chi connectivity index (χ2n) is 2.40. The lowest BCUT2D eigenvalue weighted by Crippen LogP contribution is -2.35. The van der Waals surface area contributed by atoms with Crippen LogP contribution < -0.4 is 0 Å². The first kappa shape index (κ1) is 4.91. The largest absolute Gasteiger partial charge is 0.285 e. The van der Waals surface area contributed by atoms with Gasteiger partial charge in [-0.1, -0.05) is 4.99 Å². The molecule has 0 aromatic rings. The van der Waals surface area contributed by atoms with Gasteiger partial charge in [0.2, 0.25) is 0 Å². The first-order chi connectivity index (χ1) is 4.47. The van der Waals surface area contributed by atoms with Crippen molar-refractivity contribution < 1.29 is 4.58 Å². The van der Waals surface area contributed by atoms with Crippen LogP contribution in [-0.4, -0.2) is 23.2 Å². The molecule has 2 heterocycles. The number of hydrogen-bond donors (Lipinski definition) is 0. The summed E-state index contributed by atoms with van der Waals surface area (Å²) in [6.07, 6.45) is 10.4. The van der Waals surface area contributed by atoms with Crippen molar-refractivity contribution in [1.82, 2.24) is 0 Å². The second-order valence-corrected chi connectivity index (χ2v) is 2.40. The Kier molecular flexibility index (Phi) is 0.979. The van der Waals surface area contributed by atoms with Crippen molar-refractivity contribution in [1.29, 1.82) is 0 Å². The monoisotopic (exact) mass is 121 g/mol. The summed E-state index contributed by atoms with van der Waals surface area (Å²) in [7, 11) is 0. The van der Waals surface area contributed by atoms with Gasteiger partial charge in [-0.05, 0) is 6.08 Å². The van der Waals surface area contributed by atoms with Crippen LogP contribution >= 0.6 is 0 Å². The first-order valence-electron chi connectivity index (χ1n) is 3.26. The normalized spacial score (nSPS) is 30.2. The number of nitrogens with zero attached hydrogens (tertiary/aromatic N) is 2. The van der Waals surface area contributed by atoms with Gasteiger partial charge in [-0.3, -0.25) is 0 Å². The molecule has 0 aromatic heterocycles. The van der Waals surface area contributed by atoms with Gasteiger partial charge in [0.1, 0.15) is 12.2 Å². The van der Waals surface area contributed by atoms with Crippen molar-refractivity contribution in [2.24, 2.45) is 4.99 Å². The van der Waals surface area contributed by atoms with Gasteiger partial charge in [0, 0.05) is 12.8 Å². The van der Waals surface area contributed by atoms with Gasteiger partial charge in [0.05, 0.1) is 6.21 Å². The smallest absolute Gasteiger partial charge is 0.238 e. The van der Waals surface area contributed by atoms with E-state index in [1.165, 1.54) is 6.42 Å². The molecule has 2 aliphatic rings. The molecule has 0 amide bonds. The molecule has 1 atom stereocenters. The van der Waals surface area contributed by atoms with Crippen molar-refractivity contribution in [2.75, 3.05) is 0 Å². The van der Waals surface area contributed by atoms with E-state index in [0.29, 0.717) is 6.04 Å². The number of rotatable bonds is 0. The lowest BCUT2D eigenvalue weighted by atomic mass is 10.1. The highest BCUT2D eigenvalue weighted by Gasteiger charge is 2.23. The summed E-state index contributed by atoms with van der Waals surface area (Å²) in [5.74, 6) is 0. The Labute approximate surface area is 54.2 Å².